The summed E-state index contributed by atoms with van der Waals surface area (Å²) < 4.78 is 10.5. The maximum Gasteiger partial charge on any atom is 0.233 e. The molecule has 1 saturated heterocycles. The number of hydrogen-bond donors (Lipinski definition) is 1. The molecule has 3 unspecified atom stereocenters. The van der Waals surface area contributed by atoms with Crippen molar-refractivity contribution in [1.29, 1.82) is 0 Å². The molecule has 1 amide bonds. The number of benzene rings is 2. The number of rotatable bonds is 8. The summed E-state index contributed by atoms with van der Waals surface area (Å²) in [5, 5.41) is 3.05. The molecule has 2 aromatic carbocycles. The zero-order valence-electron chi connectivity index (χ0n) is 18.3. The number of likely N-dealkylation sites (tertiary alicyclic amines) is 1. The molecule has 3 rings (SSSR count). The van der Waals surface area contributed by atoms with Crippen LogP contribution in [0, 0.1) is 5.92 Å². The molecule has 2 aromatic rings. The summed E-state index contributed by atoms with van der Waals surface area (Å²) in [6.07, 6.45) is 2.27. The number of thioether (sulfide) groups is 1. The Morgan fingerprint density at radius 1 is 1.10 bits per heavy atom. The van der Waals surface area contributed by atoms with Crippen molar-refractivity contribution in [2.24, 2.45) is 5.92 Å². The highest BCUT2D eigenvalue weighted by atomic mass is 32.2. The highest BCUT2D eigenvalue weighted by molar-refractivity contribution is 8.00. The van der Waals surface area contributed by atoms with E-state index < -0.39 is 0 Å². The Labute approximate surface area is 184 Å². The fourth-order valence-electron chi connectivity index (χ4n) is 4.09. The molecule has 1 N–H and O–H groups in total. The summed E-state index contributed by atoms with van der Waals surface area (Å²) in [5.41, 5.74) is 1.28. The van der Waals surface area contributed by atoms with E-state index in [1.54, 1.807) is 26.0 Å². The van der Waals surface area contributed by atoms with Crippen LogP contribution in [0.4, 0.5) is 0 Å². The van der Waals surface area contributed by atoms with E-state index in [9.17, 15) is 4.79 Å². The number of amides is 1. The summed E-state index contributed by atoms with van der Waals surface area (Å²) in [6.45, 7) is 3.72. The van der Waals surface area contributed by atoms with Gasteiger partial charge in [-0.15, -0.1) is 11.8 Å². The minimum absolute atomic E-state index is 0.0810. The van der Waals surface area contributed by atoms with Gasteiger partial charge in [0.15, 0.2) is 0 Å². The molecule has 0 aliphatic carbocycles. The molecule has 1 aliphatic rings. The van der Waals surface area contributed by atoms with Crippen molar-refractivity contribution in [1.82, 2.24) is 10.2 Å². The third-order valence-corrected chi connectivity index (χ3v) is 6.86. The van der Waals surface area contributed by atoms with Gasteiger partial charge in [-0.25, -0.2) is 0 Å². The van der Waals surface area contributed by atoms with Crippen LogP contribution >= 0.6 is 11.8 Å². The zero-order chi connectivity index (χ0) is 21.5. The lowest BCUT2D eigenvalue weighted by Crippen LogP contribution is -2.43. The lowest BCUT2D eigenvalue weighted by atomic mass is 9.85. The minimum atomic E-state index is -0.154. The number of nitrogens with one attached hydrogen (secondary N) is 1. The Bertz CT molecular complexity index is 810. The molecule has 0 spiro atoms. The van der Waals surface area contributed by atoms with E-state index >= 15 is 0 Å². The monoisotopic (exact) mass is 428 g/mol. The van der Waals surface area contributed by atoms with Gasteiger partial charge in [-0.3, -0.25) is 9.69 Å². The van der Waals surface area contributed by atoms with Crippen LogP contribution in [0.25, 0.3) is 0 Å². The number of methoxy groups -OCH3 is 2. The molecule has 5 nitrogen and oxygen atoms in total. The van der Waals surface area contributed by atoms with Crippen molar-refractivity contribution in [3.05, 3.63) is 54.1 Å². The minimum Gasteiger partial charge on any atom is -0.497 e. The number of carbonyl (C=O) groups is 1. The SMILES string of the molecule is COc1ccc(SC(C)C(=O)NCC2CCCN(C)C2c2ccc(OC)cc2)cc1. The summed E-state index contributed by atoms with van der Waals surface area (Å²) in [5.74, 6) is 2.16. The van der Waals surface area contributed by atoms with Crippen molar-refractivity contribution < 1.29 is 14.3 Å². The molecule has 0 radical (unpaired) electrons. The second-order valence-corrected chi connectivity index (χ2v) is 9.20. The van der Waals surface area contributed by atoms with E-state index in [1.807, 2.05) is 43.3 Å². The van der Waals surface area contributed by atoms with Gasteiger partial charge in [-0.2, -0.15) is 0 Å². The van der Waals surface area contributed by atoms with Gasteiger partial charge >= 0.3 is 0 Å². The smallest absolute Gasteiger partial charge is 0.233 e. The average Bonchev–Trinajstić information content (AvgIpc) is 2.78. The first-order valence-corrected chi connectivity index (χ1v) is 11.3. The van der Waals surface area contributed by atoms with Crippen LogP contribution in [-0.2, 0) is 4.79 Å². The second kappa shape index (κ2) is 10.7. The number of nitrogens with zero attached hydrogens (tertiary/aromatic N) is 1. The molecule has 6 heteroatoms. The second-order valence-electron chi connectivity index (χ2n) is 7.78. The van der Waals surface area contributed by atoms with E-state index in [-0.39, 0.29) is 11.2 Å². The van der Waals surface area contributed by atoms with Gasteiger partial charge in [0, 0.05) is 17.5 Å². The third-order valence-electron chi connectivity index (χ3n) is 5.74. The van der Waals surface area contributed by atoms with Crippen LogP contribution in [0.2, 0.25) is 0 Å². The zero-order valence-corrected chi connectivity index (χ0v) is 19.1. The average molecular weight is 429 g/mol. The Balaban J connectivity index is 1.59. The number of piperidine rings is 1. The fourth-order valence-corrected chi connectivity index (χ4v) is 4.98. The highest BCUT2D eigenvalue weighted by Gasteiger charge is 2.31. The highest BCUT2D eigenvalue weighted by Crippen LogP contribution is 2.35. The van der Waals surface area contributed by atoms with Gasteiger partial charge in [0.05, 0.1) is 19.5 Å². The van der Waals surface area contributed by atoms with Crippen LogP contribution < -0.4 is 14.8 Å². The topological polar surface area (TPSA) is 50.8 Å². The molecule has 0 bridgehead atoms. The molecule has 1 aliphatic heterocycles. The van der Waals surface area contributed by atoms with E-state index in [0.717, 1.165) is 35.8 Å². The Kier molecular flexibility index (Phi) is 8.05. The number of ether oxygens (including phenoxy) is 2. The van der Waals surface area contributed by atoms with Crippen LogP contribution in [0.1, 0.15) is 31.4 Å². The quantitative estimate of drug-likeness (QED) is 0.632. The molecule has 30 heavy (non-hydrogen) atoms. The molecule has 1 heterocycles. The molecule has 0 saturated carbocycles. The van der Waals surface area contributed by atoms with E-state index in [1.165, 1.54) is 5.56 Å². The van der Waals surface area contributed by atoms with Crippen molar-refractivity contribution in [2.45, 2.75) is 36.0 Å². The molecule has 1 fully saturated rings. The Hall–Kier alpha value is -2.18. The first-order chi connectivity index (χ1) is 14.5. The van der Waals surface area contributed by atoms with Crippen molar-refractivity contribution in [3.8, 4) is 11.5 Å². The van der Waals surface area contributed by atoms with Crippen LogP contribution in [0.3, 0.4) is 0 Å². The largest absolute Gasteiger partial charge is 0.497 e. The molecule has 162 valence electrons. The first kappa shape index (κ1) is 22.5. The van der Waals surface area contributed by atoms with E-state index in [0.29, 0.717) is 18.5 Å². The summed E-state index contributed by atoms with van der Waals surface area (Å²) in [4.78, 5) is 16.2. The number of hydrogen-bond acceptors (Lipinski definition) is 5. The molecule has 3 atom stereocenters. The maximum atomic E-state index is 12.7. The fraction of sp³-hybridized carbons (Fsp3) is 0.458. The van der Waals surface area contributed by atoms with Gasteiger partial charge in [0.1, 0.15) is 11.5 Å². The predicted octanol–water partition coefficient (Wildman–Crippen LogP) is 4.38. The molecule has 0 aromatic heterocycles. The van der Waals surface area contributed by atoms with E-state index in [2.05, 4.69) is 29.4 Å². The summed E-state index contributed by atoms with van der Waals surface area (Å²) in [7, 11) is 5.51. The lowest BCUT2D eigenvalue weighted by molar-refractivity contribution is -0.120. The third kappa shape index (κ3) is 5.70. The Morgan fingerprint density at radius 2 is 1.70 bits per heavy atom. The van der Waals surface area contributed by atoms with Crippen LogP contribution in [-0.4, -0.2) is 50.4 Å². The van der Waals surface area contributed by atoms with Crippen LogP contribution in [0.15, 0.2) is 53.4 Å². The summed E-state index contributed by atoms with van der Waals surface area (Å²) >= 11 is 1.57. The standard InChI is InChI=1S/C24H32N2O3S/c1-17(30-22-13-11-21(29-4)12-14-22)24(27)25-16-19-6-5-15-26(2)23(19)18-7-9-20(28-3)10-8-18/h7-14,17,19,23H,5-6,15-16H2,1-4H3,(H,25,27). The lowest BCUT2D eigenvalue weighted by Gasteiger charge is -2.39. The van der Waals surface area contributed by atoms with Gasteiger partial charge in [0.2, 0.25) is 5.91 Å². The Morgan fingerprint density at radius 3 is 2.30 bits per heavy atom. The van der Waals surface area contributed by atoms with Crippen LogP contribution in [0.5, 0.6) is 11.5 Å². The predicted molar refractivity (Wildman–Crippen MR) is 122 cm³/mol. The molecular formula is C24H32N2O3S. The normalized spacial score (nSPS) is 20.4. The van der Waals surface area contributed by atoms with Crippen molar-refractivity contribution in [3.63, 3.8) is 0 Å². The van der Waals surface area contributed by atoms with Gasteiger partial charge in [-0.1, -0.05) is 12.1 Å². The number of carbonyl (C=O) groups excluding carboxylic acids is 1. The van der Waals surface area contributed by atoms with Crippen molar-refractivity contribution >= 4 is 17.7 Å². The van der Waals surface area contributed by atoms with Crippen molar-refractivity contribution in [2.75, 3.05) is 34.4 Å². The summed E-state index contributed by atoms with van der Waals surface area (Å²) in [6, 6.07) is 16.4. The van der Waals surface area contributed by atoms with E-state index in [4.69, 9.17) is 9.47 Å². The molecular weight excluding hydrogens is 396 g/mol. The maximum absolute atomic E-state index is 12.7. The van der Waals surface area contributed by atoms with Gasteiger partial charge < -0.3 is 14.8 Å². The first-order valence-electron chi connectivity index (χ1n) is 10.4. The van der Waals surface area contributed by atoms with Gasteiger partial charge in [-0.05, 0) is 81.2 Å². The van der Waals surface area contributed by atoms with Gasteiger partial charge in [0.25, 0.3) is 0 Å².